The molecule has 140 valence electrons. The van der Waals surface area contributed by atoms with Crippen LogP contribution in [-0.2, 0) is 31.0 Å². The van der Waals surface area contributed by atoms with E-state index < -0.39 is 19.9 Å². The fourth-order valence-electron chi connectivity index (χ4n) is 2.88. The first-order valence-corrected chi connectivity index (χ1v) is 11.4. The summed E-state index contributed by atoms with van der Waals surface area (Å²) in [5, 5.41) is 0. The van der Waals surface area contributed by atoms with Gasteiger partial charge in [0.1, 0.15) is 0 Å². The SMILES string of the molecule is CS(=O)(=O)c1ccc(S(=O)(=O)N[C@H]2COC[C@H]2Cc2ccncc2)cc1. The summed E-state index contributed by atoms with van der Waals surface area (Å²) in [4.78, 5) is 4.08. The predicted molar refractivity (Wildman–Crippen MR) is 95.9 cm³/mol. The lowest BCUT2D eigenvalue weighted by atomic mass is 9.96. The van der Waals surface area contributed by atoms with Crippen molar-refractivity contribution in [2.75, 3.05) is 19.5 Å². The molecule has 2 atom stereocenters. The van der Waals surface area contributed by atoms with Gasteiger partial charge in [0.05, 0.1) is 29.0 Å². The highest BCUT2D eigenvalue weighted by Gasteiger charge is 2.32. The lowest BCUT2D eigenvalue weighted by Crippen LogP contribution is -2.40. The Kier molecular flexibility index (Phi) is 5.42. The molecule has 0 unspecified atom stereocenters. The lowest BCUT2D eigenvalue weighted by Gasteiger charge is -2.19. The van der Waals surface area contributed by atoms with Gasteiger partial charge in [0.2, 0.25) is 10.0 Å². The molecule has 1 aliphatic heterocycles. The zero-order valence-electron chi connectivity index (χ0n) is 14.2. The van der Waals surface area contributed by atoms with Crippen LogP contribution in [0.1, 0.15) is 5.56 Å². The maximum Gasteiger partial charge on any atom is 0.240 e. The molecule has 1 fully saturated rings. The minimum Gasteiger partial charge on any atom is -0.379 e. The van der Waals surface area contributed by atoms with Crippen LogP contribution in [0.25, 0.3) is 0 Å². The van der Waals surface area contributed by atoms with Crippen molar-refractivity contribution in [2.45, 2.75) is 22.3 Å². The minimum absolute atomic E-state index is 0.0162. The highest BCUT2D eigenvalue weighted by atomic mass is 32.2. The van der Waals surface area contributed by atoms with Crippen LogP contribution < -0.4 is 4.72 Å². The maximum atomic E-state index is 12.6. The first-order valence-electron chi connectivity index (χ1n) is 8.05. The summed E-state index contributed by atoms with van der Waals surface area (Å²) < 4.78 is 56.4. The quantitative estimate of drug-likeness (QED) is 0.782. The number of sulfone groups is 1. The van der Waals surface area contributed by atoms with Gasteiger partial charge in [-0.05, 0) is 48.4 Å². The third kappa shape index (κ3) is 4.47. The monoisotopic (exact) mass is 396 g/mol. The Morgan fingerprint density at radius 2 is 1.62 bits per heavy atom. The summed E-state index contributed by atoms with van der Waals surface area (Å²) in [5.41, 5.74) is 1.07. The molecule has 2 aromatic rings. The van der Waals surface area contributed by atoms with Crippen LogP contribution in [0.2, 0.25) is 0 Å². The number of rotatable bonds is 6. The Labute approximate surface area is 153 Å². The average Bonchev–Trinajstić information content (AvgIpc) is 3.01. The normalized spacial score (nSPS) is 21.0. The van der Waals surface area contributed by atoms with Gasteiger partial charge in [0, 0.05) is 24.6 Å². The van der Waals surface area contributed by atoms with Crippen LogP contribution in [0, 0.1) is 5.92 Å². The number of nitrogens with one attached hydrogen (secondary N) is 1. The average molecular weight is 396 g/mol. The van der Waals surface area contributed by atoms with Crippen LogP contribution in [0.3, 0.4) is 0 Å². The van der Waals surface area contributed by atoms with Crippen LogP contribution in [0.5, 0.6) is 0 Å². The van der Waals surface area contributed by atoms with E-state index in [1.54, 1.807) is 12.4 Å². The van der Waals surface area contributed by atoms with Crippen molar-refractivity contribution in [3.05, 3.63) is 54.4 Å². The molecule has 0 saturated carbocycles. The first kappa shape index (κ1) is 19.0. The second-order valence-corrected chi connectivity index (χ2v) is 10.1. The second kappa shape index (κ2) is 7.43. The van der Waals surface area contributed by atoms with Crippen molar-refractivity contribution >= 4 is 19.9 Å². The van der Waals surface area contributed by atoms with Crippen molar-refractivity contribution in [2.24, 2.45) is 5.92 Å². The van der Waals surface area contributed by atoms with E-state index in [0.29, 0.717) is 19.6 Å². The summed E-state index contributed by atoms with van der Waals surface area (Å²) in [7, 11) is -7.14. The van der Waals surface area contributed by atoms with Crippen molar-refractivity contribution in [3.63, 3.8) is 0 Å². The van der Waals surface area contributed by atoms with Crippen molar-refractivity contribution in [1.29, 1.82) is 0 Å². The van der Waals surface area contributed by atoms with Gasteiger partial charge in [0.25, 0.3) is 0 Å². The van der Waals surface area contributed by atoms with Gasteiger partial charge in [-0.1, -0.05) is 0 Å². The molecule has 0 spiro atoms. The van der Waals surface area contributed by atoms with Gasteiger partial charge >= 0.3 is 0 Å². The number of benzene rings is 1. The third-order valence-corrected chi connectivity index (χ3v) is 6.95. The third-order valence-electron chi connectivity index (χ3n) is 4.31. The Morgan fingerprint density at radius 1 is 1.00 bits per heavy atom. The molecule has 0 bridgehead atoms. The molecule has 1 saturated heterocycles. The molecule has 1 aromatic heterocycles. The summed E-state index contributed by atoms with van der Waals surface area (Å²) in [6, 6.07) is 8.63. The molecular formula is C17H20N2O5S2. The summed E-state index contributed by atoms with van der Waals surface area (Å²) >= 11 is 0. The molecule has 0 aliphatic carbocycles. The molecule has 7 nitrogen and oxygen atoms in total. The fourth-order valence-corrected chi connectivity index (χ4v) is 4.80. The van der Waals surface area contributed by atoms with Crippen LogP contribution in [0.15, 0.2) is 58.6 Å². The number of hydrogen-bond donors (Lipinski definition) is 1. The summed E-state index contributed by atoms with van der Waals surface area (Å²) in [6.07, 6.45) is 5.17. The van der Waals surface area contributed by atoms with Crippen molar-refractivity contribution < 1.29 is 21.6 Å². The summed E-state index contributed by atoms with van der Waals surface area (Å²) in [5.74, 6) is 0.0162. The molecule has 9 heteroatoms. The number of nitrogens with zero attached hydrogens (tertiary/aromatic N) is 1. The van der Waals surface area contributed by atoms with E-state index in [9.17, 15) is 16.8 Å². The van der Waals surface area contributed by atoms with E-state index in [2.05, 4.69) is 9.71 Å². The smallest absolute Gasteiger partial charge is 0.240 e. The van der Waals surface area contributed by atoms with Gasteiger partial charge in [-0.2, -0.15) is 0 Å². The molecule has 1 N–H and O–H groups in total. The zero-order valence-corrected chi connectivity index (χ0v) is 15.8. The highest BCUT2D eigenvalue weighted by Crippen LogP contribution is 2.22. The number of aromatic nitrogens is 1. The molecule has 3 rings (SSSR count). The number of ether oxygens (including phenoxy) is 1. The Balaban J connectivity index is 1.74. The summed E-state index contributed by atoms with van der Waals surface area (Å²) in [6.45, 7) is 0.777. The fraction of sp³-hybridized carbons (Fsp3) is 0.353. The zero-order chi connectivity index (χ0) is 18.8. The molecule has 1 aromatic carbocycles. The molecule has 0 amide bonds. The van der Waals surface area contributed by atoms with Crippen LogP contribution in [-0.4, -0.2) is 47.3 Å². The van der Waals surface area contributed by atoms with E-state index in [1.165, 1.54) is 24.3 Å². The largest absolute Gasteiger partial charge is 0.379 e. The molecule has 0 radical (unpaired) electrons. The minimum atomic E-state index is -3.77. The van der Waals surface area contributed by atoms with Gasteiger partial charge < -0.3 is 4.74 Å². The molecule has 26 heavy (non-hydrogen) atoms. The lowest BCUT2D eigenvalue weighted by molar-refractivity contribution is 0.183. The Morgan fingerprint density at radius 3 is 2.23 bits per heavy atom. The predicted octanol–water partition coefficient (Wildman–Crippen LogP) is 1.02. The maximum absolute atomic E-state index is 12.6. The highest BCUT2D eigenvalue weighted by molar-refractivity contribution is 7.90. The number of pyridine rings is 1. The number of sulfonamides is 1. The number of hydrogen-bond acceptors (Lipinski definition) is 6. The van der Waals surface area contributed by atoms with Gasteiger partial charge in [-0.15, -0.1) is 0 Å². The van der Waals surface area contributed by atoms with Gasteiger partial charge in [-0.25, -0.2) is 21.6 Å². The van der Waals surface area contributed by atoms with Crippen LogP contribution >= 0.6 is 0 Å². The molecule has 2 heterocycles. The molecular weight excluding hydrogens is 376 g/mol. The second-order valence-electron chi connectivity index (χ2n) is 6.33. The van der Waals surface area contributed by atoms with Crippen molar-refractivity contribution in [3.8, 4) is 0 Å². The first-order chi connectivity index (χ1) is 12.3. The van der Waals surface area contributed by atoms with E-state index in [1.807, 2.05) is 12.1 Å². The van der Waals surface area contributed by atoms with Gasteiger partial charge in [0.15, 0.2) is 9.84 Å². The Hall–Kier alpha value is -1.81. The standard InChI is InChI=1S/C17H20N2O5S2/c1-25(20,21)15-2-4-16(5-3-15)26(22,23)19-17-12-24-11-14(17)10-13-6-8-18-9-7-13/h2-9,14,17,19H,10-12H2,1H3/t14-,17+/m1/s1. The van der Waals surface area contributed by atoms with E-state index in [0.717, 1.165) is 11.8 Å². The van der Waals surface area contributed by atoms with Crippen LogP contribution in [0.4, 0.5) is 0 Å². The van der Waals surface area contributed by atoms with E-state index in [-0.39, 0.29) is 21.8 Å². The topological polar surface area (TPSA) is 102 Å². The van der Waals surface area contributed by atoms with E-state index in [4.69, 9.17) is 4.74 Å². The van der Waals surface area contributed by atoms with Crippen molar-refractivity contribution in [1.82, 2.24) is 9.71 Å². The van der Waals surface area contributed by atoms with Gasteiger partial charge in [-0.3, -0.25) is 4.98 Å². The van der Waals surface area contributed by atoms with E-state index >= 15 is 0 Å². The Bertz CT molecular complexity index is 958. The molecule has 1 aliphatic rings.